The molecule has 0 aliphatic rings. The lowest BCUT2D eigenvalue weighted by Gasteiger charge is -2.07. The number of fused-ring (bicyclic) bond motifs is 1. The predicted molar refractivity (Wildman–Crippen MR) is 95.9 cm³/mol. The summed E-state index contributed by atoms with van der Waals surface area (Å²) in [7, 11) is 1.61. The highest BCUT2D eigenvalue weighted by Crippen LogP contribution is 2.21. The Labute approximate surface area is 148 Å². The van der Waals surface area contributed by atoms with E-state index < -0.39 is 0 Å². The van der Waals surface area contributed by atoms with Crippen LogP contribution in [0.25, 0.3) is 22.3 Å². The molecule has 0 aliphatic heterocycles. The van der Waals surface area contributed by atoms with Gasteiger partial charge in [0.25, 0.3) is 5.91 Å². The van der Waals surface area contributed by atoms with Gasteiger partial charge in [-0.2, -0.15) is 5.21 Å². The molecule has 4 aromatic rings. The average Bonchev–Trinajstić information content (AvgIpc) is 3.22. The molecule has 2 heterocycles. The van der Waals surface area contributed by atoms with E-state index in [0.717, 1.165) is 22.2 Å². The summed E-state index contributed by atoms with van der Waals surface area (Å²) in [5.41, 5.74) is 2.41. The number of hydrogen-bond acceptors (Lipinski definition) is 6. The van der Waals surface area contributed by atoms with Gasteiger partial charge in [-0.25, -0.2) is 4.98 Å². The molecular weight excluding hydrogens is 332 g/mol. The lowest BCUT2D eigenvalue weighted by atomic mass is 10.1. The summed E-state index contributed by atoms with van der Waals surface area (Å²) >= 11 is 0. The van der Waals surface area contributed by atoms with Gasteiger partial charge in [0.15, 0.2) is 0 Å². The first kappa shape index (κ1) is 15.7. The largest absolute Gasteiger partial charge is 0.497 e. The zero-order valence-electron chi connectivity index (χ0n) is 13.8. The number of amides is 1. The van der Waals surface area contributed by atoms with Gasteiger partial charge in [-0.1, -0.05) is 18.2 Å². The van der Waals surface area contributed by atoms with Crippen molar-refractivity contribution in [1.29, 1.82) is 0 Å². The van der Waals surface area contributed by atoms with E-state index >= 15 is 0 Å². The number of ether oxygens (including phenoxy) is 1. The number of aromatic nitrogens is 5. The maximum atomic E-state index is 12.5. The van der Waals surface area contributed by atoms with Gasteiger partial charge in [0.1, 0.15) is 11.4 Å². The standard InChI is InChI=1S/C18H14N6O2/c1-26-14-6-8-15-11(10-14)5-7-16(20-15)18(25)19-13-4-2-3-12(9-13)17-21-23-24-22-17/h2-10H,1H3,(H,19,25)(H,21,22,23,24). The normalized spacial score (nSPS) is 10.7. The highest BCUT2D eigenvalue weighted by Gasteiger charge is 2.10. The summed E-state index contributed by atoms with van der Waals surface area (Å²) in [6.45, 7) is 0. The Morgan fingerprint density at radius 1 is 1.12 bits per heavy atom. The molecule has 8 nitrogen and oxygen atoms in total. The second-order valence-corrected chi connectivity index (χ2v) is 5.53. The number of tetrazole rings is 1. The van der Waals surface area contributed by atoms with Crippen molar-refractivity contribution in [1.82, 2.24) is 25.6 Å². The number of nitrogens with one attached hydrogen (secondary N) is 2. The van der Waals surface area contributed by atoms with Crippen molar-refractivity contribution in [2.24, 2.45) is 0 Å². The molecule has 0 atom stereocenters. The Hall–Kier alpha value is -3.81. The van der Waals surface area contributed by atoms with Crippen LogP contribution < -0.4 is 10.1 Å². The minimum Gasteiger partial charge on any atom is -0.497 e. The van der Waals surface area contributed by atoms with E-state index in [-0.39, 0.29) is 5.91 Å². The summed E-state index contributed by atoms with van der Waals surface area (Å²) in [5, 5.41) is 17.5. The van der Waals surface area contributed by atoms with Crippen LogP contribution in [0.4, 0.5) is 5.69 Å². The Balaban J connectivity index is 1.58. The number of hydrogen-bond donors (Lipinski definition) is 2. The van der Waals surface area contributed by atoms with Crippen molar-refractivity contribution >= 4 is 22.5 Å². The molecule has 0 bridgehead atoms. The molecule has 2 aromatic carbocycles. The first-order chi connectivity index (χ1) is 12.7. The van der Waals surface area contributed by atoms with Crippen LogP contribution in [0.5, 0.6) is 5.75 Å². The number of methoxy groups -OCH3 is 1. The third-order valence-electron chi connectivity index (χ3n) is 3.85. The molecule has 0 saturated carbocycles. The van der Waals surface area contributed by atoms with Gasteiger partial charge in [0.2, 0.25) is 5.82 Å². The highest BCUT2D eigenvalue weighted by atomic mass is 16.5. The maximum absolute atomic E-state index is 12.5. The molecule has 4 rings (SSSR count). The third kappa shape index (κ3) is 3.07. The maximum Gasteiger partial charge on any atom is 0.274 e. The molecule has 0 unspecified atom stereocenters. The Kier molecular flexibility index (Phi) is 3.98. The molecule has 128 valence electrons. The fourth-order valence-corrected chi connectivity index (χ4v) is 2.57. The van der Waals surface area contributed by atoms with Crippen molar-refractivity contribution in [3.8, 4) is 17.1 Å². The van der Waals surface area contributed by atoms with Gasteiger partial charge < -0.3 is 10.1 Å². The molecule has 2 aromatic heterocycles. The number of carbonyl (C=O) groups excluding carboxylic acids is 1. The number of aromatic amines is 1. The van der Waals surface area contributed by atoms with Gasteiger partial charge in [-0.15, -0.1) is 10.2 Å². The lowest BCUT2D eigenvalue weighted by molar-refractivity contribution is 0.102. The molecular formula is C18H14N6O2. The van der Waals surface area contributed by atoms with E-state index in [1.165, 1.54) is 0 Å². The fourth-order valence-electron chi connectivity index (χ4n) is 2.57. The molecule has 1 amide bonds. The number of anilines is 1. The summed E-state index contributed by atoms with van der Waals surface area (Å²) in [6.07, 6.45) is 0. The molecule has 0 radical (unpaired) electrons. The first-order valence-corrected chi connectivity index (χ1v) is 7.83. The zero-order valence-corrected chi connectivity index (χ0v) is 13.8. The molecule has 0 aliphatic carbocycles. The van der Waals surface area contributed by atoms with Gasteiger partial charge >= 0.3 is 0 Å². The quantitative estimate of drug-likeness (QED) is 0.588. The summed E-state index contributed by atoms with van der Waals surface area (Å²) in [5.74, 6) is 0.904. The van der Waals surface area contributed by atoms with E-state index in [1.807, 2.05) is 30.3 Å². The minimum atomic E-state index is -0.298. The van der Waals surface area contributed by atoms with Crippen LogP contribution in [-0.2, 0) is 0 Å². The van der Waals surface area contributed by atoms with Crippen molar-refractivity contribution in [3.63, 3.8) is 0 Å². The Bertz CT molecular complexity index is 1080. The van der Waals surface area contributed by atoms with E-state index in [4.69, 9.17) is 4.74 Å². The minimum absolute atomic E-state index is 0.298. The number of benzene rings is 2. The first-order valence-electron chi connectivity index (χ1n) is 7.83. The summed E-state index contributed by atoms with van der Waals surface area (Å²) in [4.78, 5) is 16.9. The van der Waals surface area contributed by atoms with Gasteiger partial charge in [-0.05, 0) is 41.6 Å². The van der Waals surface area contributed by atoms with Gasteiger partial charge in [0.05, 0.1) is 12.6 Å². The van der Waals surface area contributed by atoms with E-state index in [1.54, 1.807) is 31.4 Å². The Morgan fingerprint density at radius 2 is 2.04 bits per heavy atom. The van der Waals surface area contributed by atoms with Crippen molar-refractivity contribution < 1.29 is 9.53 Å². The fraction of sp³-hybridized carbons (Fsp3) is 0.0556. The van der Waals surface area contributed by atoms with Crippen molar-refractivity contribution in [2.45, 2.75) is 0 Å². The molecule has 0 spiro atoms. The molecule has 0 saturated heterocycles. The number of pyridine rings is 1. The summed E-state index contributed by atoms with van der Waals surface area (Å²) < 4.78 is 5.20. The number of carbonyl (C=O) groups is 1. The molecule has 0 fully saturated rings. The van der Waals surface area contributed by atoms with Crippen LogP contribution in [0.15, 0.2) is 54.6 Å². The lowest BCUT2D eigenvalue weighted by Crippen LogP contribution is -2.13. The zero-order chi connectivity index (χ0) is 17.9. The number of H-pyrrole nitrogens is 1. The number of rotatable bonds is 4. The van der Waals surface area contributed by atoms with E-state index in [2.05, 4.69) is 30.9 Å². The van der Waals surface area contributed by atoms with Crippen LogP contribution in [0, 0.1) is 0 Å². The van der Waals surface area contributed by atoms with Crippen LogP contribution in [0.1, 0.15) is 10.5 Å². The smallest absolute Gasteiger partial charge is 0.274 e. The average molecular weight is 346 g/mol. The SMILES string of the molecule is COc1ccc2nc(C(=O)Nc3cccc(-c4nn[nH]n4)c3)ccc2c1. The van der Waals surface area contributed by atoms with E-state index in [9.17, 15) is 4.79 Å². The van der Waals surface area contributed by atoms with Crippen molar-refractivity contribution in [2.75, 3.05) is 12.4 Å². The topological polar surface area (TPSA) is 106 Å². The Morgan fingerprint density at radius 3 is 2.85 bits per heavy atom. The van der Waals surface area contributed by atoms with Crippen LogP contribution in [0.3, 0.4) is 0 Å². The molecule has 2 N–H and O–H groups in total. The van der Waals surface area contributed by atoms with Crippen molar-refractivity contribution in [3.05, 3.63) is 60.3 Å². The third-order valence-corrected chi connectivity index (χ3v) is 3.85. The second kappa shape index (κ2) is 6.60. The van der Waals surface area contributed by atoms with Crippen LogP contribution in [-0.4, -0.2) is 38.6 Å². The molecule has 8 heteroatoms. The van der Waals surface area contributed by atoms with Gasteiger partial charge in [-0.3, -0.25) is 4.79 Å². The summed E-state index contributed by atoms with van der Waals surface area (Å²) in [6, 6.07) is 16.2. The second-order valence-electron chi connectivity index (χ2n) is 5.53. The van der Waals surface area contributed by atoms with E-state index in [0.29, 0.717) is 17.2 Å². The monoisotopic (exact) mass is 346 g/mol. The molecule has 26 heavy (non-hydrogen) atoms. The highest BCUT2D eigenvalue weighted by molar-refractivity contribution is 6.04. The predicted octanol–water partition coefficient (Wildman–Crippen LogP) is 2.68. The van der Waals surface area contributed by atoms with Crippen LogP contribution in [0.2, 0.25) is 0 Å². The number of nitrogens with zero attached hydrogens (tertiary/aromatic N) is 4. The van der Waals surface area contributed by atoms with Gasteiger partial charge in [0, 0.05) is 16.6 Å². The van der Waals surface area contributed by atoms with Crippen LogP contribution >= 0.6 is 0 Å².